The predicted molar refractivity (Wildman–Crippen MR) is 78.0 cm³/mol. The summed E-state index contributed by atoms with van der Waals surface area (Å²) >= 11 is 0. The lowest BCUT2D eigenvalue weighted by atomic mass is 10.1. The van der Waals surface area contributed by atoms with E-state index in [2.05, 4.69) is 5.32 Å². The fourth-order valence-corrected chi connectivity index (χ4v) is 2.43. The van der Waals surface area contributed by atoms with Gasteiger partial charge in [-0.05, 0) is 43.7 Å². The number of nitrogens with one attached hydrogen (secondary N) is 1. The molecule has 0 aliphatic carbocycles. The van der Waals surface area contributed by atoms with Crippen molar-refractivity contribution in [2.24, 2.45) is 11.7 Å². The Morgan fingerprint density at radius 1 is 1.45 bits per heavy atom. The van der Waals surface area contributed by atoms with Crippen molar-refractivity contribution in [3.8, 4) is 0 Å². The number of carbonyl (C=O) groups is 2. The standard InChI is InChI=1S/C14H20N4O2/c1-9-6-11(15)2-3-12(9)17-13(19)8-18-5-4-10(7-18)14(16)20/h2-3,6,10H,4-5,7-8,15H2,1H3,(H2,16,20)(H,17,19). The van der Waals surface area contributed by atoms with Crippen LogP contribution in [0.2, 0.25) is 0 Å². The zero-order valence-electron chi connectivity index (χ0n) is 11.6. The molecule has 0 aromatic heterocycles. The number of hydrogen-bond acceptors (Lipinski definition) is 4. The SMILES string of the molecule is Cc1cc(N)ccc1NC(=O)CN1CCC(C(N)=O)C1. The van der Waals surface area contributed by atoms with E-state index in [1.807, 2.05) is 17.9 Å². The van der Waals surface area contributed by atoms with Crippen LogP contribution in [0.3, 0.4) is 0 Å². The predicted octanol–water partition coefficient (Wildman–Crippen LogP) is 0.323. The number of amides is 2. The Morgan fingerprint density at radius 2 is 2.20 bits per heavy atom. The number of nitrogen functional groups attached to an aromatic ring is 1. The van der Waals surface area contributed by atoms with Crippen molar-refractivity contribution in [2.45, 2.75) is 13.3 Å². The Hall–Kier alpha value is -2.08. The summed E-state index contributed by atoms with van der Waals surface area (Å²) in [7, 11) is 0. The number of carbonyl (C=O) groups excluding carboxylic acids is 2. The van der Waals surface area contributed by atoms with Crippen molar-refractivity contribution >= 4 is 23.2 Å². The fourth-order valence-electron chi connectivity index (χ4n) is 2.43. The molecule has 0 saturated carbocycles. The molecule has 108 valence electrons. The van der Waals surface area contributed by atoms with Crippen molar-refractivity contribution in [1.29, 1.82) is 0 Å². The number of rotatable bonds is 4. The van der Waals surface area contributed by atoms with E-state index in [0.29, 0.717) is 12.2 Å². The van der Waals surface area contributed by atoms with Crippen molar-refractivity contribution in [1.82, 2.24) is 4.90 Å². The second-order valence-electron chi connectivity index (χ2n) is 5.25. The number of anilines is 2. The van der Waals surface area contributed by atoms with E-state index in [-0.39, 0.29) is 24.3 Å². The number of hydrogen-bond donors (Lipinski definition) is 3. The molecular formula is C14H20N4O2. The van der Waals surface area contributed by atoms with Gasteiger partial charge in [-0.1, -0.05) is 0 Å². The van der Waals surface area contributed by atoms with Gasteiger partial charge in [0.15, 0.2) is 0 Å². The monoisotopic (exact) mass is 276 g/mol. The number of benzene rings is 1. The van der Waals surface area contributed by atoms with Gasteiger partial charge >= 0.3 is 0 Å². The Kier molecular flexibility index (Phi) is 4.24. The first-order valence-electron chi connectivity index (χ1n) is 6.63. The van der Waals surface area contributed by atoms with Crippen LogP contribution in [0.4, 0.5) is 11.4 Å². The highest BCUT2D eigenvalue weighted by atomic mass is 16.2. The first-order valence-corrected chi connectivity index (χ1v) is 6.63. The first kappa shape index (κ1) is 14.3. The van der Waals surface area contributed by atoms with Gasteiger partial charge in [0, 0.05) is 17.9 Å². The molecule has 1 aliphatic rings. The third-order valence-corrected chi connectivity index (χ3v) is 3.57. The number of aryl methyl sites for hydroxylation is 1. The number of nitrogens with two attached hydrogens (primary N) is 2. The molecule has 1 atom stereocenters. The Morgan fingerprint density at radius 3 is 2.80 bits per heavy atom. The van der Waals surface area contributed by atoms with Crippen LogP contribution >= 0.6 is 0 Å². The highest BCUT2D eigenvalue weighted by molar-refractivity contribution is 5.93. The van der Waals surface area contributed by atoms with Crippen molar-refractivity contribution < 1.29 is 9.59 Å². The van der Waals surface area contributed by atoms with Crippen molar-refractivity contribution in [2.75, 3.05) is 30.7 Å². The highest BCUT2D eigenvalue weighted by Gasteiger charge is 2.27. The smallest absolute Gasteiger partial charge is 0.238 e. The molecule has 20 heavy (non-hydrogen) atoms. The van der Waals surface area contributed by atoms with E-state index in [4.69, 9.17) is 11.5 Å². The van der Waals surface area contributed by atoms with Crippen LogP contribution in [-0.4, -0.2) is 36.3 Å². The fraction of sp³-hybridized carbons (Fsp3) is 0.429. The van der Waals surface area contributed by atoms with Gasteiger partial charge in [-0.3, -0.25) is 14.5 Å². The molecule has 1 heterocycles. The van der Waals surface area contributed by atoms with Crippen LogP contribution < -0.4 is 16.8 Å². The highest BCUT2D eigenvalue weighted by Crippen LogP contribution is 2.18. The zero-order chi connectivity index (χ0) is 14.7. The summed E-state index contributed by atoms with van der Waals surface area (Å²) in [6.07, 6.45) is 0.726. The Balaban J connectivity index is 1.88. The lowest BCUT2D eigenvalue weighted by Crippen LogP contribution is -2.33. The van der Waals surface area contributed by atoms with Gasteiger partial charge in [-0.25, -0.2) is 0 Å². The number of likely N-dealkylation sites (tertiary alicyclic amines) is 1. The van der Waals surface area contributed by atoms with Crippen LogP contribution in [-0.2, 0) is 9.59 Å². The van der Waals surface area contributed by atoms with E-state index in [9.17, 15) is 9.59 Å². The third kappa shape index (κ3) is 3.48. The molecule has 1 aliphatic heterocycles. The van der Waals surface area contributed by atoms with Crippen LogP contribution in [0.15, 0.2) is 18.2 Å². The molecule has 6 nitrogen and oxygen atoms in total. The molecule has 0 spiro atoms. The van der Waals surface area contributed by atoms with Crippen molar-refractivity contribution in [3.05, 3.63) is 23.8 Å². The van der Waals surface area contributed by atoms with Gasteiger partial charge in [0.1, 0.15) is 0 Å². The van der Waals surface area contributed by atoms with E-state index >= 15 is 0 Å². The van der Waals surface area contributed by atoms with Gasteiger partial charge in [-0.15, -0.1) is 0 Å². The van der Waals surface area contributed by atoms with Gasteiger partial charge in [0.25, 0.3) is 0 Å². The average molecular weight is 276 g/mol. The van der Waals surface area contributed by atoms with Crippen LogP contribution in [0, 0.1) is 12.8 Å². The third-order valence-electron chi connectivity index (χ3n) is 3.57. The molecule has 1 fully saturated rings. The molecule has 5 N–H and O–H groups in total. The summed E-state index contributed by atoms with van der Waals surface area (Å²) < 4.78 is 0. The van der Waals surface area contributed by atoms with E-state index < -0.39 is 0 Å². The van der Waals surface area contributed by atoms with Gasteiger partial charge in [0.05, 0.1) is 12.5 Å². The summed E-state index contributed by atoms with van der Waals surface area (Å²) in [6.45, 7) is 3.45. The molecule has 1 unspecified atom stereocenters. The minimum atomic E-state index is -0.290. The molecule has 1 aromatic carbocycles. The Labute approximate surface area is 118 Å². The average Bonchev–Trinajstić information content (AvgIpc) is 2.81. The molecule has 0 bridgehead atoms. The lowest BCUT2D eigenvalue weighted by Gasteiger charge is -2.15. The minimum Gasteiger partial charge on any atom is -0.399 e. The molecule has 2 amide bonds. The number of primary amides is 1. The molecule has 0 radical (unpaired) electrons. The van der Waals surface area contributed by atoms with E-state index in [1.165, 1.54) is 0 Å². The summed E-state index contributed by atoms with van der Waals surface area (Å²) in [6, 6.07) is 5.36. The first-order chi connectivity index (χ1) is 9.45. The van der Waals surface area contributed by atoms with Gasteiger partial charge < -0.3 is 16.8 Å². The van der Waals surface area contributed by atoms with E-state index in [1.54, 1.807) is 12.1 Å². The molecule has 1 aromatic rings. The molecule has 1 saturated heterocycles. The normalized spacial score (nSPS) is 18.9. The van der Waals surface area contributed by atoms with E-state index in [0.717, 1.165) is 24.2 Å². The van der Waals surface area contributed by atoms with Gasteiger partial charge in [0.2, 0.25) is 11.8 Å². The largest absolute Gasteiger partial charge is 0.399 e. The quantitative estimate of drug-likeness (QED) is 0.689. The number of nitrogens with zero attached hydrogens (tertiary/aromatic N) is 1. The van der Waals surface area contributed by atoms with Gasteiger partial charge in [-0.2, -0.15) is 0 Å². The molecule has 2 rings (SSSR count). The zero-order valence-corrected chi connectivity index (χ0v) is 11.6. The minimum absolute atomic E-state index is 0.0945. The van der Waals surface area contributed by atoms with Crippen LogP contribution in [0.5, 0.6) is 0 Å². The maximum absolute atomic E-state index is 12.0. The topological polar surface area (TPSA) is 101 Å². The molecular weight excluding hydrogens is 256 g/mol. The second kappa shape index (κ2) is 5.92. The van der Waals surface area contributed by atoms with Crippen molar-refractivity contribution in [3.63, 3.8) is 0 Å². The maximum atomic E-state index is 12.0. The van der Waals surface area contributed by atoms with Crippen LogP contribution in [0.25, 0.3) is 0 Å². The Bertz CT molecular complexity index is 530. The van der Waals surface area contributed by atoms with Crippen LogP contribution in [0.1, 0.15) is 12.0 Å². The summed E-state index contributed by atoms with van der Waals surface area (Å²) in [5.74, 6) is -0.522. The second-order valence-corrected chi connectivity index (χ2v) is 5.25. The summed E-state index contributed by atoms with van der Waals surface area (Å²) in [4.78, 5) is 25.0. The lowest BCUT2D eigenvalue weighted by molar-refractivity contribution is -0.122. The molecule has 6 heteroatoms. The summed E-state index contributed by atoms with van der Waals surface area (Å²) in [5, 5.41) is 2.86. The maximum Gasteiger partial charge on any atom is 0.238 e. The summed E-state index contributed by atoms with van der Waals surface area (Å²) in [5.41, 5.74) is 13.3.